The molecule has 0 atom stereocenters. The maximum absolute atomic E-state index is 10.8. The summed E-state index contributed by atoms with van der Waals surface area (Å²) in [6, 6.07) is 4.49. The summed E-state index contributed by atoms with van der Waals surface area (Å²) < 4.78 is 0. The molecule has 0 saturated heterocycles. The predicted molar refractivity (Wildman–Crippen MR) is 64.3 cm³/mol. The molecule has 0 fully saturated rings. The highest BCUT2D eigenvalue weighted by Gasteiger charge is 2.02. The molecule has 1 heteroatoms. The minimum Gasteiger partial charge on any atom is -0.300 e. The zero-order chi connectivity index (χ0) is 11.4. The van der Waals surface area contributed by atoms with E-state index in [1.54, 1.807) is 6.92 Å². The molecule has 0 amide bonds. The Morgan fingerprint density at radius 2 is 1.67 bits per heavy atom. The quantitative estimate of drug-likeness (QED) is 0.733. The lowest BCUT2D eigenvalue weighted by Crippen LogP contribution is -1.96. The molecule has 0 heterocycles. The van der Waals surface area contributed by atoms with Crippen molar-refractivity contribution in [2.45, 2.75) is 47.0 Å². The second-order valence-electron chi connectivity index (χ2n) is 4.42. The summed E-state index contributed by atoms with van der Waals surface area (Å²) >= 11 is 0. The first-order chi connectivity index (χ1) is 7.00. The van der Waals surface area contributed by atoms with E-state index in [0.29, 0.717) is 6.42 Å². The molecular formula is C14H20O. The Bertz CT molecular complexity index is 364. The van der Waals surface area contributed by atoms with E-state index >= 15 is 0 Å². The van der Waals surface area contributed by atoms with Crippen molar-refractivity contribution in [1.82, 2.24) is 0 Å². The lowest BCUT2D eigenvalue weighted by molar-refractivity contribution is -0.117. The second kappa shape index (κ2) is 5.11. The fraction of sp³-hybridized carbons (Fsp3) is 0.500. The summed E-state index contributed by atoms with van der Waals surface area (Å²) in [4.78, 5) is 10.8. The van der Waals surface area contributed by atoms with Gasteiger partial charge in [0.05, 0.1) is 0 Å². The average Bonchev–Trinajstić information content (AvgIpc) is 2.13. The molecule has 1 nitrogen and oxygen atoms in total. The summed E-state index contributed by atoms with van der Waals surface area (Å²) in [5, 5.41) is 0. The molecule has 1 rings (SSSR count). The van der Waals surface area contributed by atoms with E-state index in [9.17, 15) is 4.79 Å². The standard InChI is InChI=1S/C14H20O/c1-10-8-12(3)14(9-11(10)2)7-5-6-13(4)15/h8-9H,5-7H2,1-4H3. The SMILES string of the molecule is CC(=O)CCCc1cc(C)c(C)cc1C. The van der Waals surface area contributed by atoms with Crippen LogP contribution in [-0.2, 0) is 11.2 Å². The smallest absolute Gasteiger partial charge is 0.129 e. The van der Waals surface area contributed by atoms with Gasteiger partial charge in [0.15, 0.2) is 0 Å². The molecule has 0 radical (unpaired) electrons. The molecule has 0 unspecified atom stereocenters. The number of carbonyl (C=O) groups is 1. The van der Waals surface area contributed by atoms with Gasteiger partial charge in [-0.05, 0) is 62.8 Å². The number of hydrogen-bond acceptors (Lipinski definition) is 1. The Balaban J connectivity index is 2.69. The Hall–Kier alpha value is -1.11. The van der Waals surface area contributed by atoms with Gasteiger partial charge in [-0.1, -0.05) is 12.1 Å². The fourth-order valence-corrected chi connectivity index (χ4v) is 1.82. The van der Waals surface area contributed by atoms with Gasteiger partial charge in [-0.3, -0.25) is 0 Å². The molecule has 15 heavy (non-hydrogen) atoms. The van der Waals surface area contributed by atoms with Crippen molar-refractivity contribution in [1.29, 1.82) is 0 Å². The number of rotatable bonds is 4. The van der Waals surface area contributed by atoms with Crippen LogP contribution in [0.2, 0.25) is 0 Å². The van der Waals surface area contributed by atoms with Crippen LogP contribution in [0.5, 0.6) is 0 Å². The summed E-state index contributed by atoms with van der Waals surface area (Å²) in [5.41, 5.74) is 5.43. The minimum absolute atomic E-state index is 0.288. The van der Waals surface area contributed by atoms with Gasteiger partial charge in [-0.2, -0.15) is 0 Å². The summed E-state index contributed by atoms with van der Waals surface area (Å²) in [7, 11) is 0. The van der Waals surface area contributed by atoms with Crippen LogP contribution < -0.4 is 0 Å². The zero-order valence-corrected chi connectivity index (χ0v) is 10.2. The first-order valence-corrected chi connectivity index (χ1v) is 5.57. The van der Waals surface area contributed by atoms with Crippen molar-refractivity contribution in [2.75, 3.05) is 0 Å². The van der Waals surface area contributed by atoms with E-state index < -0.39 is 0 Å². The lowest BCUT2D eigenvalue weighted by Gasteiger charge is -2.09. The number of carbonyl (C=O) groups excluding carboxylic acids is 1. The van der Waals surface area contributed by atoms with E-state index in [4.69, 9.17) is 0 Å². The Labute approximate surface area is 92.5 Å². The number of hydrogen-bond donors (Lipinski definition) is 0. The van der Waals surface area contributed by atoms with Gasteiger partial charge in [-0.25, -0.2) is 0 Å². The molecule has 0 bridgehead atoms. The van der Waals surface area contributed by atoms with Crippen molar-refractivity contribution in [3.05, 3.63) is 34.4 Å². The van der Waals surface area contributed by atoms with Gasteiger partial charge in [0.1, 0.15) is 5.78 Å². The van der Waals surface area contributed by atoms with Gasteiger partial charge in [0, 0.05) is 6.42 Å². The van der Waals surface area contributed by atoms with Crippen LogP contribution >= 0.6 is 0 Å². The zero-order valence-electron chi connectivity index (χ0n) is 10.2. The molecule has 1 aromatic rings. The largest absolute Gasteiger partial charge is 0.300 e. The molecule has 0 aliphatic carbocycles. The number of aryl methyl sites for hydroxylation is 4. The van der Waals surface area contributed by atoms with Crippen molar-refractivity contribution in [3.8, 4) is 0 Å². The maximum atomic E-state index is 10.8. The van der Waals surface area contributed by atoms with E-state index in [2.05, 4.69) is 32.9 Å². The van der Waals surface area contributed by atoms with Crippen molar-refractivity contribution in [2.24, 2.45) is 0 Å². The van der Waals surface area contributed by atoms with E-state index in [1.807, 2.05) is 0 Å². The van der Waals surface area contributed by atoms with Crippen LogP contribution in [0.25, 0.3) is 0 Å². The second-order valence-corrected chi connectivity index (χ2v) is 4.42. The van der Waals surface area contributed by atoms with Crippen molar-refractivity contribution in [3.63, 3.8) is 0 Å². The summed E-state index contributed by atoms with van der Waals surface area (Å²) in [6.45, 7) is 8.09. The normalized spacial score (nSPS) is 10.4. The van der Waals surface area contributed by atoms with Crippen molar-refractivity contribution < 1.29 is 4.79 Å². The van der Waals surface area contributed by atoms with Crippen LogP contribution in [0.3, 0.4) is 0 Å². The number of ketones is 1. The Morgan fingerprint density at radius 1 is 1.07 bits per heavy atom. The third-order valence-electron chi connectivity index (χ3n) is 2.93. The molecule has 0 N–H and O–H groups in total. The van der Waals surface area contributed by atoms with Crippen LogP contribution in [-0.4, -0.2) is 5.78 Å². The molecule has 0 aliphatic heterocycles. The fourth-order valence-electron chi connectivity index (χ4n) is 1.82. The van der Waals surface area contributed by atoms with Crippen molar-refractivity contribution >= 4 is 5.78 Å². The van der Waals surface area contributed by atoms with Crippen LogP contribution in [0.15, 0.2) is 12.1 Å². The van der Waals surface area contributed by atoms with E-state index in [-0.39, 0.29) is 5.78 Å². The third-order valence-corrected chi connectivity index (χ3v) is 2.93. The molecule has 0 spiro atoms. The molecule has 1 aromatic carbocycles. The molecule has 0 aromatic heterocycles. The van der Waals surface area contributed by atoms with Crippen LogP contribution in [0.4, 0.5) is 0 Å². The highest BCUT2D eigenvalue weighted by atomic mass is 16.1. The minimum atomic E-state index is 0.288. The highest BCUT2D eigenvalue weighted by Crippen LogP contribution is 2.17. The third kappa shape index (κ3) is 3.50. The van der Waals surface area contributed by atoms with E-state index in [1.165, 1.54) is 22.3 Å². The predicted octanol–water partition coefficient (Wildman–Crippen LogP) is 3.52. The van der Waals surface area contributed by atoms with E-state index in [0.717, 1.165) is 12.8 Å². The van der Waals surface area contributed by atoms with Gasteiger partial charge in [-0.15, -0.1) is 0 Å². The summed E-state index contributed by atoms with van der Waals surface area (Å²) in [6.07, 6.45) is 2.69. The lowest BCUT2D eigenvalue weighted by atomic mass is 9.97. The van der Waals surface area contributed by atoms with Gasteiger partial charge in [0.25, 0.3) is 0 Å². The van der Waals surface area contributed by atoms with Gasteiger partial charge in [0.2, 0.25) is 0 Å². The average molecular weight is 204 g/mol. The molecule has 0 saturated carbocycles. The highest BCUT2D eigenvalue weighted by molar-refractivity contribution is 5.75. The molecule has 82 valence electrons. The monoisotopic (exact) mass is 204 g/mol. The molecule has 0 aliphatic rings. The molecular weight excluding hydrogens is 184 g/mol. The van der Waals surface area contributed by atoms with Crippen LogP contribution in [0.1, 0.15) is 42.0 Å². The topological polar surface area (TPSA) is 17.1 Å². The Morgan fingerprint density at radius 3 is 2.27 bits per heavy atom. The Kier molecular flexibility index (Phi) is 4.07. The number of benzene rings is 1. The summed E-state index contributed by atoms with van der Waals surface area (Å²) in [5.74, 6) is 0.288. The first-order valence-electron chi connectivity index (χ1n) is 5.57. The maximum Gasteiger partial charge on any atom is 0.129 e. The van der Waals surface area contributed by atoms with Crippen LogP contribution in [0, 0.1) is 20.8 Å². The number of Topliss-reactive ketones (excluding diaryl/α,β-unsaturated/α-hetero) is 1. The van der Waals surface area contributed by atoms with Gasteiger partial charge < -0.3 is 4.79 Å². The van der Waals surface area contributed by atoms with Gasteiger partial charge >= 0.3 is 0 Å². The first kappa shape index (κ1) is 12.0.